The van der Waals surface area contributed by atoms with Crippen LogP contribution in [0.1, 0.15) is 31.2 Å². The number of hydrogen-bond donors (Lipinski definition) is 1. The smallest absolute Gasteiger partial charge is 0.310 e. The molecule has 0 spiro atoms. The molecule has 1 aromatic heterocycles. The lowest BCUT2D eigenvalue weighted by molar-refractivity contribution is -0.384. The molecule has 154 valence electrons. The van der Waals surface area contributed by atoms with Crippen LogP contribution in [0.3, 0.4) is 0 Å². The summed E-state index contributed by atoms with van der Waals surface area (Å²) in [5, 5.41) is 13.5. The van der Waals surface area contributed by atoms with Crippen LogP contribution in [-0.4, -0.2) is 41.6 Å². The molecule has 0 radical (unpaired) electrons. The van der Waals surface area contributed by atoms with Crippen molar-refractivity contribution in [2.75, 3.05) is 18.4 Å². The summed E-state index contributed by atoms with van der Waals surface area (Å²) in [5.41, 5.74) is 0.632. The van der Waals surface area contributed by atoms with E-state index in [0.717, 1.165) is 31.0 Å². The second kappa shape index (κ2) is 9.10. The van der Waals surface area contributed by atoms with Gasteiger partial charge in [-0.15, -0.1) is 0 Å². The number of pyridine rings is 1. The van der Waals surface area contributed by atoms with Crippen LogP contribution in [0.2, 0.25) is 0 Å². The monoisotopic (exact) mass is 418 g/mol. The first-order valence-electron chi connectivity index (χ1n) is 9.35. The summed E-state index contributed by atoms with van der Waals surface area (Å²) >= 11 is 0. The van der Waals surface area contributed by atoms with Crippen molar-refractivity contribution in [3.63, 3.8) is 0 Å². The predicted molar refractivity (Wildman–Crippen MR) is 107 cm³/mol. The van der Waals surface area contributed by atoms with Crippen molar-refractivity contribution in [2.45, 2.75) is 37.0 Å². The number of nitro groups is 1. The zero-order chi connectivity index (χ0) is 20.9. The molecule has 0 atom stereocenters. The Bertz CT molecular complexity index is 986. The fraction of sp³-hybridized carbons (Fsp3) is 0.368. The van der Waals surface area contributed by atoms with Crippen molar-refractivity contribution in [1.82, 2.24) is 9.29 Å². The SMILES string of the molecule is O=C(CCc1ccc(S(=O)(=O)N2CCCCC2)cc1)Nc1ccncc1[N+](=O)[O-]. The van der Waals surface area contributed by atoms with E-state index in [0.29, 0.717) is 19.5 Å². The third-order valence-electron chi connectivity index (χ3n) is 4.79. The van der Waals surface area contributed by atoms with Gasteiger partial charge in [0.25, 0.3) is 0 Å². The first-order chi connectivity index (χ1) is 13.9. The van der Waals surface area contributed by atoms with Gasteiger partial charge < -0.3 is 5.32 Å². The zero-order valence-electron chi connectivity index (χ0n) is 15.8. The van der Waals surface area contributed by atoms with Gasteiger partial charge in [0.1, 0.15) is 11.9 Å². The van der Waals surface area contributed by atoms with Crippen molar-refractivity contribution < 1.29 is 18.1 Å². The number of aryl methyl sites for hydroxylation is 1. The molecular formula is C19H22N4O5S. The number of amides is 1. The molecule has 0 unspecified atom stereocenters. The second-order valence-electron chi connectivity index (χ2n) is 6.81. The number of hydrogen-bond acceptors (Lipinski definition) is 6. The summed E-state index contributed by atoms with van der Waals surface area (Å²) in [4.78, 5) is 26.4. The number of nitrogens with zero attached hydrogens (tertiary/aromatic N) is 3. The molecule has 0 aliphatic carbocycles. The Hall–Kier alpha value is -2.85. The van der Waals surface area contributed by atoms with E-state index < -0.39 is 14.9 Å². The van der Waals surface area contributed by atoms with Crippen LogP contribution in [0.4, 0.5) is 11.4 Å². The lowest BCUT2D eigenvalue weighted by atomic mass is 10.1. The Balaban J connectivity index is 1.59. The standard InChI is InChI=1S/C19H22N4O5S/c24-19(21-17-10-11-20-14-18(17)23(25)26)9-6-15-4-7-16(8-5-15)29(27,28)22-12-2-1-3-13-22/h4-5,7-8,10-11,14H,1-3,6,9,12-13H2,(H,20,21,24). The lowest BCUT2D eigenvalue weighted by Crippen LogP contribution is -2.35. The number of rotatable bonds is 7. The Labute approximate surface area is 169 Å². The molecule has 0 bridgehead atoms. The van der Waals surface area contributed by atoms with Gasteiger partial charge in [-0.05, 0) is 43.0 Å². The third-order valence-corrected chi connectivity index (χ3v) is 6.70. The number of carbonyl (C=O) groups excluding carboxylic acids is 1. The van der Waals surface area contributed by atoms with Gasteiger partial charge in [-0.1, -0.05) is 18.6 Å². The van der Waals surface area contributed by atoms with E-state index in [1.54, 1.807) is 24.3 Å². The molecule has 2 heterocycles. The van der Waals surface area contributed by atoms with Crippen molar-refractivity contribution in [3.05, 3.63) is 58.4 Å². The summed E-state index contributed by atoms with van der Waals surface area (Å²) in [6, 6.07) is 7.88. The van der Waals surface area contributed by atoms with Crippen molar-refractivity contribution in [2.24, 2.45) is 0 Å². The Morgan fingerprint density at radius 3 is 2.48 bits per heavy atom. The maximum atomic E-state index is 12.7. The minimum Gasteiger partial charge on any atom is -0.320 e. The number of aromatic nitrogens is 1. The van der Waals surface area contributed by atoms with Crippen LogP contribution in [0.25, 0.3) is 0 Å². The van der Waals surface area contributed by atoms with Crippen molar-refractivity contribution >= 4 is 27.3 Å². The molecule has 10 heteroatoms. The first kappa shape index (κ1) is 20.9. The summed E-state index contributed by atoms with van der Waals surface area (Å²) in [6.45, 7) is 1.09. The molecule has 1 fully saturated rings. The Morgan fingerprint density at radius 1 is 1.14 bits per heavy atom. The Morgan fingerprint density at radius 2 is 1.83 bits per heavy atom. The molecule has 1 aliphatic rings. The molecule has 1 aliphatic heterocycles. The first-order valence-corrected chi connectivity index (χ1v) is 10.8. The van der Waals surface area contributed by atoms with Crippen molar-refractivity contribution in [3.8, 4) is 0 Å². The van der Waals surface area contributed by atoms with Gasteiger partial charge in [0, 0.05) is 25.7 Å². The van der Waals surface area contributed by atoms with Gasteiger partial charge >= 0.3 is 5.69 Å². The summed E-state index contributed by atoms with van der Waals surface area (Å²) < 4.78 is 26.8. The fourth-order valence-corrected chi connectivity index (χ4v) is 4.71. The molecular weight excluding hydrogens is 396 g/mol. The van der Waals surface area contributed by atoms with Crippen LogP contribution in [0.5, 0.6) is 0 Å². The number of anilines is 1. The van der Waals surface area contributed by atoms with Crippen LogP contribution >= 0.6 is 0 Å². The zero-order valence-corrected chi connectivity index (χ0v) is 16.6. The molecule has 3 rings (SSSR count). The third kappa shape index (κ3) is 5.15. The number of benzene rings is 1. The second-order valence-corrected chi connectivity index (χ2v) is 8.74. The quantitative estimate of drug-likeness (QED) is 0.545. The van der Waals surface area contributed by atoms with E-state index in [9.17, 15) is 23.3 Å². The summed E-state index contributed by atoms with van der Waals surface area (Å²) in [6.07, 6.45) is 5.74. The highest BCUT2D eigenvalue weighted by Crippen LogP contribution is 2.23. The summed E-state index contributed by atoms with van der Waals surface area (Å²) in [5.74, 6) is -0.371. The van der Waals surface area contributed by atoms with E-state index in [1.807, 2.05) is 0 Å². The molecule has 1 amide bonds. The lowest BCUT2D eigenvalue weighted by Gasteiger charge is -2.25. The van der Waals surface area contributed by atoms with Crippen LogP contribution in [-0.2, 0) is 21.2 Å². The van der Waals surface area contributed by atoms with E-state index >= 15 is 0 Å². The maximum absolute atomic E-state index is 12.7. The highest BCUT2D eigenvalue weighted by Gasteiger charge is 2.25. The number of sulfonamides is 1. The van der Waals surface area contributed by atoms with E-state index in [-0.39, 0.29) is 28.6 Å². The molecule has 0 saturated carbocycles. The molecule has 1 aromatic carbocycles. The highest BCUT2D eigenvalue weighted by molar-refractivity contribution is 7.89. The average Bonchev–Trinajstić information content (AvgIpc) is 2.73. The van der Waals surface area contributed by atoms with Gasteiger partial charge in [-0.3, -0.25) is 19.9 Å². The van der Waals surface area contributed by atoms with Crippen LogP contribution < -0.4 is 5.32 Å². The van der Waals surface area contributed by atoms with E-state index in [4.69, 9.17) is 0 Å². The molecule has 1 saturated heterocycles. The normalized spacial score (nSPS) is 15.0. The minimum absolute atomic E-state index is 0.0953. The van der Waals surface area contributed by atoms with E-state index in [2.05, 4.69) is 10.3 Å². The van der Waals surface area contributed by atoms with Gasteiger partial charge in [-0.25, -0.2) is 8.42 Å². The molecule has 9 nitrogen and oxygen atoms in total. The Kier molecular flexibility index (Phi) is 6.55. The number of piperidine rings is 1. The van der Waals surface area contributed by atoms with Crippen molar-refractivity contribution in [1.29, 1.82) is 0 Å². The predicted octanol–water partition coefficient (Wildman–Crippen LogP) is 2.74. The van der Waals surface area contributed by atoms with Gasteiger partial charge in [0.05, 0.1) is 9.82 Å². The van der Waals surface area contributed by atoms with Crippen LogP contribution in [0, 0.1) is 10.1 Å². The summed E-state index contributed by atoms with van der Waals surface area (Å²) in [7, 11) is -3.48. The number of nitrogens with one attached hydrogen (secondary N) is 1. The topological polar surface area (TPSA) is 123 Å². The van der Waals surface area contributed by atoms with Gasteiger partial charge in [0.15, 0.2) is 0 Å². The molecule has 2 aromatic rings. The average molecular weight is 418 g/mol. The van der Waals surface area contributed by atoms with Gasteiger partial charge in [0.2, 0.25) is 15.9 Å². The van der Waals surface area contributed by atoms with Gasteiger partial charge in [-0.2, -0.15) is 4.31 Å². The highest BCUT2D eigenvalue weighted by atomic mass is 32.2. The maximum Gasteiger partial charge on any atom is 0.310 e. The fourth-order valence-electron chi connectivity index (χ4n) is 3.19. The van der Waals surface area contributed by atoms with E-state index in [1.165, 1.54) is 16.6 Å². The van der Waals surface area contributed by atoms with Crippen LogP contribution in [0.15, 0.2) is 47.6 Å². The largest absolute Gasteiger partial charge is 0.320 e. The molecule has 29 heavy (non-hydrogen) atoms. The number of carbonyl (C=O) groups is 1. The molecule has 1 N–H and O–H groups in total. The minimum atomic E-state index is -3.48.